The van der Waals surface area contributed by atoms with E-state index in [2.05, 4.69) is 4.84 Å². The van der Waals surface area contributed by atoms with Crippen molar-refractivity contribution in [3.05, 3.63) is 66.0 Å². The Bertz CT molecular complexity index is 526. The number of rotatable bonds is 5. The highest BCUT2D eigenvalue weighted by Crippen LogP contribution is 2.00. The Morgan fingerprint density at radius 3 is 2.67 bits per heavy atom. The summed E-state index contributed by atoms with van der Waals surface area (Å²) in [6.45, 7) is 0.642. The van der Waals surface area contributed by atoms with Crippen molar-refractivity contribution in [3.63, 3.8) is 0 Å². The average Bonchev–Trinajstić information content (AvgIpc) is 2.40. The molecule has 0 aliphatic heterocycles. The Labute approximate surface area is 106 Å². The van der Waals surface area contributed by atoms with Gasteiger partial charge in [-0.3, -0.25) is 9.63 Å². The van der Waals surface area contributed by atoms with Gasteiger partial charge < -0.3 is 0 Å². The highest BCUT2D eigenvalue weighted by atomic mass is 16.6. The van der Waals surface area contributed by atoms with E-state index in [1.54, 1.807) is 0 Å². The summed E-state index contributed by atoms with van der Waals surface area (Å²) in [6.07, 6.45) is 3.70. The molecular formula is C14H15N2O2+. The zero-order chi connectivity index (χ0) is 12.8. The number of hydrogen-bond donors (Lipinski definition) is 1. The van der Waals surface area contributed by atoms with Crippen LogP contribution in [0.15, 0.2) is 54.9 Å². The molecule has 2 N–H and O–H groups in total. The molecule has 1 aromatic heterocycles. The molecule has 1 heterocycles. The van der Waals surface area contributed by atoms with E-state index in [9.17, 15) is 4.79 Å². The van der Waals surface area contributed by atoms with E-state index in [0.717, 1.165) is 5.56 Å². The van der Waals surface area contributed by atoms with Gasteiger partial charge in [0.25, 0.3) is 0 Å². The van der Waals surface area contributed by atoms with E-state index < -0.39 is 0 Å². The van der Waals surface area contributed by atoms with Crippen molar-refractivity contribution in [1.82, 2.24) is 0 Å². The van der Waals surface area contributed by atoms with Gasteiger partial charge in [-0.2, -0.15) is 4.57 Å². The lowest BCUT2D eigenvalue weighted by Crippen LogP contribution is -2.37. The molecule has 2 rings (SSSR count). The summed E-state index contributed by atoms with van der Waals surface area (Å²) in [4.78, 5) is 16.6. The summed E-state index contributed by atoms with van der Waals surface area (Å²) < 4.78 is 1.82. The second-order valence-electron chi connectivity index (χ2n) is 3.98. The van der Waals surface area contributed by atoms with Crippen molar-refractivity contribution in [1.29, 1.82) is 0 Å². The SMILES string of the molecule is NOCc1ccc[n+](CC(=O)c2ccccc2)c1. The van der Waals surface area contributed by atoms with Crippen molar-refractivity contribution >= 4 is 5.78 Å². The van der Waals surface area contributed by atoms with Crippen LogP contribution in [0.5, 0.6) is 0 Å². The Morgan fingerprint density at radius 2 is 1.94 bits per heavy atom. The fraction of sp³-hybridized carbons (Fsp3) is 0.143. The summed E-state index contributed by atoms with van der Waals surface area (Å²) in [7, 11) is 0. The average molecular weight is 243 g/mol. The molecule has 92 valence electrons. The summed E-state index contributed by atoms with van der Waals surface area (Å²) in [5.41, 5.74) is 1.64. The van der Waals surface area contributed by atoms with Gasteiger partial charge in [0.1, 0.15) is 0 Å². The van der Waals surface area contributed by atoms with Crippen LogP contribution in [-0.4, -0.2) is 5.78 Å². The van der Waals surface area contributed by atoms with E-state index >= 15 is 0 Å². The predicted octanol–water partition coefficient (Wildman–Crippen LogP) is 1.25. The molecular weight excluding hydrogens is 228 g/mol. The molecule has 0 aliphatic carbocycles. The third-order valence-electron chi connectivity index (χ3n) is 2.59. The van der Waals surface area contributed by atoms with E-state index in [0.29, 0.717) is 18.7 Å². The lowest BCUT2D eigenvalue weighted by atomic mass is 10.1. The van der Waals surface area contributed by atoms with Crippen LogP contribution in [0, 0.1) is 0 Å². The molecule has 0 fully saturated rings. The summed E-state index contributed by atoms with van der Waals surface area (Å²) in [6, 6.07) is 13.0. The Kier molecular flexibility index (Phi) is 4.17. The van der Waals surface area contributed by atoms with Crippen molar-refractivity contribution in [3.8, 4) is 0 Å². The predicted molar refractivity (Wildman–Crippen MR) is 66.4 cm³/mol. The third kappa shape index (κ3) is 3.23. The molecule has 0 saturated heterocycles. The first kappa shape index (κ1) is 12.4. The molecule has 1 aromatic carbocycles. The van der Waals surface area contributed by atoms with E-state index in [-0.39, 0.29) is 5.78 Å². The maximum atomic E-state index is 12.0. The van der Waals surface area contributed by atoms with Crippen LogP contribution in [0.4, 0.5) is 0 Å². The number of nitrogens with two attached hydrogens (primary N) is 1. The minimum absolute atomic E-state index is 0.0754. The number of carbonyl (C=O) groups excluding carboxylic acids is 1. The number of benzene rings is 1. The summed E-state index contributed by atoms with van der Waals surface area (Å²) in [5, 5.41) is 0. The van der Waals surface area contributed by atoms with Crippen LogP contribution in [-0.2, 0) is 18.0 Å². The molecule has 18 heavy (non-hydrogen) atoms. The first-order valence-electron chi connectivity index (χ1n) is 5.67. The number of Topliss-reactive ketones (excluding diaryl/α,β-unsaturated/α-hetero) is 1. The maximum Gasteiger partial charge on any atom is 0.227 e. The van der Waals surface area contributed by atoms with Crippen LogP contribution >= 0.6 is 0 Å². The minimum Gasteiger partial charge on any atom is -0.300 e. The van der Waals surface area contributed by atoms with Gasteiger partial charge in [0.2, 0.25) is 12.3 Å². The maximum absolute atomic E-state index is 12.0. The van der Waals surface area contributed by atoms with Crippen molar-refractivity contribution in [2.24, 2.45) is 5.90 Å². The van der Waals surface area contributed by atoms with Gasteiger partial charge >= 0.3 is 0 Å². The van der Waals surface area contributed by atoms with Crippen LogP contribution in [0.3, 0.4) is 0 Å². The van der Waals surface area contributed by atoms with Crippen LogP contribution in [0.1, 0.15) is 15.9 Å². The smallest absolute Gasteiger partial charge is 0.227 e. The van der Waals surface area contributed by atoms with Crippen LogP contribution < -0.4 is 10.5 Å². The molecule has 0 amide bonds. The third-order valence-corrected chi connectivity index (χ3v) is 2.59. The van der Waals surface area contributed by atoms with Crippen LogP contribution in [0.2, 0.25) is 0 Å². The fourth-order valence-corrected chi connectivity index (χ4v) is 1.74. The first-order valence-corrected chi connectivity index (χ1v) is 5.67. The van der Waals surface area contributed by atoms with Gasteiger partial charge in [-0.25, -0.2) is 5.90 Å². The molecule has 0 saturated carbocycles. The Hall–Kier alpha value is -2.04. The summed E-state index contributed by atoms with van der Waals surface area (Å²) >= 11 is 0. The highest BCUT2D eigenvalue weighted by Gasteiger charge is 2.11. The minimum atomic E-state index is 0.0754. The highest BCUT2D eigenvalue weighted by molar-refractivity contribution is 5.94. The molecule has 4 nitrogen and oxygen atoms in total. The number of pyridine rings is 1. The van der Waals surface area contributed by atoms with Crippen LogP contribution in [0.25, 0.3) is 0 Å². The number of carbonyl (C=O) groups is 1. The molecule has 0 atom stereocenters. The standard InChI is InChI=1S/C14H15N2O2/c15-18-11-12-5-4-8-16(9-12)10-14(17)13-6-2-1-3-7-13/h1-9H,10-11,15H2/q+1. The number of ketones is 1. The Balaban J connectivity index is 2.10. The van der Waals surface area contributed by atoms with Gasteiger partial charge in [0.15, 0.2) is 12.4 Å². The van der Waals surface area contributed by atoms with Gasteiger partial charge in [-0.1, -0.05) is 30.3 Å². The second-order valence-corrected chi connectivity index (χ2v) is 3.98. The number of aromatic nitrogens is 1. The molecule has 0 aliphatic rings. The van der Waals surface area contributed by atoms with Gasteiger partial charge in [0, 0.05) is 17.2 Å². The molecule has 4 heteroatoms. The number of nitrogens with zero attached hydrogens (tertiary/aromatic N) is 1. The van der Waals surface area contributed by atoms with Crippen molar-refractivity contribution in [2.75, 3.05) is 0 Å². The summed E-state index contributed by atoms with van der Waals surface area (Å²) in [5.74, 6) is 5.10. The Morgan fingerprint density at radius 1 is 1.17 bits per heavy atom. The second kappa shape index (κ2) is 6.05. The van der Waals surface area contributed by atoms with E-state index in [4.69, 9.17) is 5.90 Å². The topological polar surface area (TPSA) is 56.2 Å². The lowest BCUT2D eigenvalue weighted by Gasteiger charge is -2.00. The molecule has 0 bridgehead atoms. The monoisotopic (exact) mass is 243 g/mol. The first-order chi connectivity index (χ1) is 8.79. The zero-order valence-electron chi connectivity index (χ0n) is 9.95. The largest absolute Gasteiger partial charge is 0.300 e. The molecule has 0 spiro atoms. The van der Waals surface area contributed by atoms with E-state index in [1.807, 2.05) is 59.4 Å². The quantitative estimate of drug-likeness (QED) is 0.488. The zero-order valence-corrected chi connectivity index (χ0v) is 9.95. The van der Waals surface area contributed by atoms with E-state index in [1.165, 1.54) is 0 Å². The number of hydrogen-bond acceptors (Lipinski definition) is 3. The van der Waals surface area contributed by atoms with Crippen molar-refractivity contribution < 1.29 is 14.2 Å². The van der Waals surface area contributed by atoms with Crippen molar-refractivity contribution in [2.45, 2.75) is 13.2 Å². The van der Waals surface area contributed by atoms with Gasteiger partial charge in [0.05, 0.1) is 6.61 Å². The van der Waals surface area contributed by atoms with Gasteiger partial charge in [-0.05, 0) is 6.07 Å². The fourth-order valence-electron chi connectivity index (χ4n) is 1.74. The molecule has 2 aromatic rings. The molecule has 0 radical (unpaired) electrons. The normalized spacial score (nSPS) is 10.3. The lowest BCUT2D eigenvalue weighted by molar-refractivity contribution is -0.683. The van der Waals surface area contributed by atoms with Gasteiger partial charge in [-0.15, -0.1) is 0 Å². The molecule has 0 unspecified atom stereocenters.